The standard InChI is InChI=1S/C22H19F5N2O3/c1-2-3-10-29-15-7-5-4-6-13(15)28-14(22(29)31)8-9-16(30)32-11-12-17(23)19(25)21(27)20(26)18(12)24/h4-7H,2-3,8-11H2,1H3. The highest BCUT2D eigenvalue weighted by atomic mass is 19.2. The van der Waals surface area contributed by atoms with Crippen LogP contribution in [0, 0.1) is 29.1 Å². The molecule has 0 atom stereocenters. The first-order chi connectivity index (χ1) is 15.3. The van der Waals surface area contributed by atoms with E-state index in [4.69, 9.17) is 0 Å². The van der Waals surface area contributed by atoms with Crippen LogP contribution in [0.25, 0.3) is 11.0 Å². The minimum Gasteiger partial charge on any atom is -0.461 e. The van der Waals surface area contributed by atoms with E-state index in [1.807, 2.05) is 6.92 Å². The van der Waals surface area contributed by atoms with Crippen molar-refractivity contribution in [2.75, 3.05) is 0 Å². The largest absolute Gasteiger partial charge is 0.461 e. The Morgan fingerprint density at radius 1 is 1.00 bits per heavy atom. The minimum atomic E-state index is -2.29. The molecule has 0 saturated heterocycles. The van der Waals surface area contributed by atoms with Crippen LogP contribution >= 0.6 is 0 Å². The van der Waals surface area contributed by atoms with Gasteiger partial charge < -0.3 is 9.30 Å². The van der Waals surface area contributed by atoms with Crippen molar-refractivity contribution in [1.82, 2.24) is 9.55 Å². The van der Waals surface area contributed by atoms with Crippen molar-refractivity contribution >= 4 is 17.0 Å². The average Bonchev–Trinajstić information content (AvgIpc) is 2.79. The predicted octanol–water partition coefficient (Wildman–Crippen LogP) is 4.57. The van der Waals surface area contributed by atoms with Gasteiger partial charge in [0.15, 0.2) is 23.3 Å². The van der Waals surface area contributed by atoms with Gasteiger partial charge in [-0.15, -0.1) is 0 Å². The summed E-state index contributed by atoms with van der Waals surface area (Å²) in [6.07, 6.45) is 1.13. The van der Waals surface area contributed by atoms with Gasteiger partial charge in [-0.25, -0.2) is 26.9 Å². The number of benzene rings is 2. The van der Waals surface area contributed by atoms with Gasteiger partial charge in [-0.1, -0.05) is 25.5 Å². The van der Waals surface area contributed by atoms with E-state index < -0.39 is 47.2 Å². The second-order valence-electron chi connectivity index (χ2n) is 7.07. The Labute approximate surface area is 179 Å². The van der Waals surface area contributed by atoms with Crippen molar-refractivity contribution in [2.24, 2.45) is 0 Å². The Hall–Kier alpha value is -3.30. The van der Waals surface area contributed by atoms with E-state index in [9.17, 15) is 31.5 Å². The first-order valence-corrected chi connectivity index (χ1v) is 9.90. The van der Waals surface area contributed by atoms with Gasteiger partial charge in [0.25, 0.3) is 5.56 Å². The molecule has 0 bridgehead atoms. The lowest BCUT2D eigenvalue weighted by molar-refractivity contribution is -0.145. The molecule has 0 unspecified atom stereocenters. The molecule has 1 heterocycles. The Morgan fingerprint density at radius 3 is 2.28 bits per heavy atom. The van der Waals surface area contributed by atoms with Gasteiger partial charge in [0, 0.05) is 13.0 Å². The van der Waals surface area contributed by atoms with Crippen molar-refractivity contribution in [2.45, 2.75) is 45.8 Å². The van der Waals surface area contributed by atoms with Gasteiger partial charge in [0.1, 0.15) is 12.3 Å². The summed E-state index contributed by atoms with van der Waals surface area (Å²) in [5, 5.41) is 0. The molecule has 0 spiro atoms. The van der Waals surface area contributed by atoms with E-state index in [1.54, 1.807) is 28.8 Å². The Bertz CT molecular complexity index is 1200. The molecule has 5 nitrogen and oxygen atoms in total. The summed E-state index contributed by atoms with van der Waals surface area (Å²) < 4.78 is 73.2. The highest BCUT2D eigenvalue weighted by Gasteiger charge is 2.26. The van der Waals surface area contributed by atoms with Crippen LogP contribution < -0.4 is 5.56 Å². The van der Waals surface area contributed by atoms with Crippen LogP contribution in [0.5, 0.6) is 0 Å². The first kappa shape index (κ1) is 23.4. The monoisotopic (exact) mass is 454 g/mol. The van der Waals surface area contributed by atoms with Crippen LogP contribution in [0.2, 0.25) is 0 Å². The number of unbranched alkanes of at least 4 members (excludes halogenated alkanes) is 1. The molecule has 1 aromatic heterocycles. The van der Waals surface area contributed by atoms with Crippen molar-refractivity contribution in [3.05, 3.63) is 75.0 Å². The minimum absolute atomic E-state index is 0.105. The van der Waals surface area contributed by atoms with E-state index >= 15 is 0 Å². The highest BCUT2D eigenvalue weighted by molar-refractivity contribution is 5.75. The summed E-state index contributed by atoms with van der Waals surface area (Å²) in [7, 11) is 0. The topological polar surface area (TPSA) is 61.2 Å². The summed E-state index contributed by atoms with van der Waals surface area (Å²) in [6, 6.07) is 7.03. The van der Waals surface area contributed by atoms with Crippen molar-refractivity contribution in [3.8, 4) is 0 Å². The summed E-state index contributed by atoms with van der Waals surface area (Å²) >= 11 is 0. The fraction of sp³-hybridized carbons (Fsp3) is 0.318. The molecule has 3 rings (SSSR count). The van der Waals surface area contributed by atoms with Crippen LogP contribution in [-0.4, -0.2) is 15.5 Å². The Kier molecular flexibility index (Phi) is 7.22. The zero-order valence-corrected chi connectivity index (χ0v) is 17.1. The number of rotatable bonds is 8. The third-order valence-corrected chi connectivity index (χ3v) is 4.90. The number of hydrogen-bond donors (Lipinski definition) is 0. The van der Waals surface area contributed by atoms with Crippen LogP contribution in [0.4, 0.5) is 22.0 Å². The quantitative estimate of drug-likeness (QED) is 0.217. The van der Waals surface area contributed by atoms with E-state index in [2.05, 4.69) is 9.72 Å². The summed E-state index contributed by atoms with van der Waals surface area (Å²) in [5.41, 5.74) is -0.297. The van der Waals surface area contributed by atoms with Crippen LogP contribution in [0.1, 0.15) is 37.4 Å². The number of aromatic nitrogens is 2. The number of carbonyl (C=O) groups is 1. The van der Waals surface area contributed by atoms with Crippen molar-refractivity contribution in [3.63, 3.8) is 0 Å². The first-order valence-electron chi connectivity index (χ1n) is 9.90. The molecule has 0 aliphatic rings. The lowest BCUT2D eigenvalue weighted by Gasteiger charge is -2.12. The third kappa shape index (κ3) is 4.63. The summed E-state index contributed by atoms with van der Waals surface area (Å²) in [6.45, 7) is 1.31. The highest BCUT2D eigenvalue weighted by Crippen LogP contribution is 2.23. The molecule has 10 heteroatoms. The number of fused-ring (bicyclic) bond motifs is 1. The third-order valence-electron chi connectivity index (χ3n) is 4.90. The van der Waals surface area contributed by atoms with E-state index in [0.29, 0.717) is 17.6 Å². The summed E-state index contributed by atoms with van der Waals surface area (Å²) in [4.78, 5) is 29.1. The number of ether oxygens (including phenoxy) is 1. The molecule has 0 aliphatic carbocycles. The van der Waals surface area contributed by atoms with Crippen molar-refractivity contribution in [1.29, 1.82) is 0 Å². The van der Waals surface area contributed by atoms with Gasteiger partial charge in [-0.3, -0.25) is 9.59 Å². The number of esters is 1. The molecule has 32 heavy (non-hydrogen) atoms. The molecule has 0 radical (unpaired) electrons. The molecule has 170 valence electrons. The Balaban J connectivity index is 1.75. The zero-order chi connectivity index (χ0) is 23.4. The molecule has 0 N–H and O–H groups in total. The fourth-order valence-corrected chi connectivity index (χ4v) is 3.17. The summed E-state index contributed by atoms with van der Waals surface area (Å²) in [5.74, 6) is -11.7. The zero-order valence-electron chi connectivity index (χ0n) is 17.1. The van der Waals surface area contributed by atoms with Crippen LogP contribution in [0.15, 0.2) is 29.1 Å². The number of carbonyl (C=O) groups excluding carboxylic acids is 1. The predicted molar refractivity (Wildman–Crippen MR) is 105 cm³/mol. The number of hydrogen-bond acceptors (Lipinski definition) is 4. The fourth-order valence-electron chi connectivity index (χ4n) is 3.17. The number of para-hydroxylation sites is 2. The smallest absolute Gasteiger partial charge is 0.306 e. The van der Waals surface area contributed by atoms with E-state index in [1.165, 1.54) is 0 Å². The van der Waals surface area contributed by atoms with Crippen LogP contribution in [0.3, 0.4) is 0 Å². The van der Waals surface area contributed by atoms with Crippen LogP contribution in [-0.2, 0) is 29.1 Å². The molecule has 3 aromatic rings. The Morgan fingerprint density at radius 2 is 1.62 bits per heavy atom. The molecular weight excluding hydrogens is 435 g/mol. The second-order valence-corrected chi connectivity index (χ2v) is 7.07. The molecule has 0 saturated carbocycles. The number of halogens is 5. The molecule has 0 fully saturated rings. The number of nitrogens with zero attached hydrogens (tertiary/aromatic N) is 2. The second kappa shape index (κ2) is 9.88. The van der Waals surface area contributed by atoms with E-state index in [-0.39, 0.29) is 24.1 Å². The number of aryl methyl sites for hydroxylation is 2. The van der Waals surface area contributed by atoms with Gasteiger partial charge in [0.2, 0.25) is 5.82 Å². The average molecular weight is 454 g/mol. The molecule has 0 aliphatic heterocycles. The van der Waals surface area contributed by atoms with Crippen molar-refractivity contribution < 1.29 is 31.5 Å². The normalized spacial score (nSPS) is 11.2. The van der Waals surface area contributed by atoms with E-state index in [0.717, 1.165) is 12.8 Å². The lowest BCUT2D eigenvalue weighted by Crippen LogP contribution is -2.26. The van der Waals surface area contributed by atoms with Gasteiger partial charge in [-0.2, -0.15) is 0 Å². The van der Waals surface area contributed by atoms with Gasteiger partial charge in [0.05, 0.1) is 23.0 Å². The van der Waals surface area contributed by atoms with Gasteiger partial charge >= 0.3 is 5.97 Å². The maximum Gasteiger partial charge on any atom is 0.306 e. The van der Waals surface area contributed by atoms with Gasteiger partial charge in [-0.05, 0) is 18.6 Å². The molecular formula is C22H19F5N2O3. The maximum absolute atomic E-state index is 13.7. The molecule has 2 aromatic carbocycles. The lowest BCUT2D eigenvalue weighted by atomic mass is 10.2. The molecule has 0 amide bonds. The SMILES string of the molecule is CCCCn1c(=O)c(CCC(=O)OCc2c(F)c(F)c(F)c(F)c2F)nc2ccccc21. The maximum atomic E-state index is 13.7.